The van der Waals surface area contributed by atoms with Crippen LogP contribution >= 0.6 is 0 Å². The van der Waals surface area contributed by atoms with Crippen LogP contribution in [0.25, 0.3) is 0 Å². The number of pyridine rings is 1. The third-order valence-corrected chi connectivity index (χ3v) is 5.36. The summed E-state index contributed by atoms with van der Waals surface area (Å²) in [6.07, 6.45) is 3.26. The summed E-state index contributed by atoms with van der Waals surface area (Å²) in [6.45, 7) is 0. The average Bonchev–Trinajstić information content (AvgIpc) is 3.32. The van der Waals surface area contributed by atoms with Gasteiger partial charge in [-0.1, -0.05) is 5.10 Å². The third-order valence-electron chi connectivity index (χ3n) is 5.36. The minimum atomic E-state index is -1.09. The Kier molecular flexibility index (Phi) is 7.13. The number of carbonyl (C=O) groups is 2. The highest BCUT2D eigenvalue weighted by Gasteiger charge is 2.28. The van der Waals surface area contributed by atoms with E-state index in [0.717, 1.165) is 24.4 Å². The Labute approximate surface area is 196 Å². The van der Waals surface area contributed by atoms with Crippen LogP contribution in [0.5, 0.6) is 5.88 Å². The summed E-state index contributed by atoms with van der Waals surface area (Å²) >= 11 is 0. The molecule has 184 valence electrons. The summed E-state index contributed by atoms with van der Waals surface area (Å²) in [5, 5.41) is 11.9. The number of amides is 1. The summed E-state index contributed by atoms with van der Waals surface area (Å²) in [5.41, 5.74) is -0.130. The number of benzene rings is 1. The van der Waals surface area contributed by atoms with Gasteiger partial charge < -0.3 is 24.5 Å². The van der Waals surface area contributed by atoms with Crippen molar-refractivity contribution in [3.8, 4) is 5.88 Å². The minimum Gasteiger partial charge on any atom is -0.474 e. The van der Waals surface area contributed by atoms with E-state index in [9.17, 15) is 22.8 Å². The lowest BCUT2D eigenvalue weighted by Crippen LogP contribution is -2.28. The zero-order valence-corrected chi connectivity index (χ0v) is 18.4. The van der Waals surface area contributed by atoms with Gasteiger partial charge >= 0.3 is 23.8 Å². The number of nitrogens with one attached hydrogen (secondary N) is 2. The maximum atomic E-state index is 14.5. The van der Waals surface area contributed by atoms with E-state index in [4.69, 9.17) is 13.9 Å². The van der Waals surface area contributed by atoms with Crippen molar-refractivity contribution in [1.82, 2.24) is 15.2 Å². The molecule has 1 aliphatic carbocycles. The summed E-state index contributed by atoms with van der Waals surface area (Å²) < 4.78 is 56.4. The van der Waals surface area contributed by atoms with Crippen molar-refractivity contribution in [2.24, 2.45) is 5.92 Å². The van der Waals surface area contributed by atoms with Crippen molar-refractivity contribution in [2.45, 2.75) is 31.8 Å². The van der Waals surface area contributed by atoms with Crippen molar-refractivity contribution in [3.63, 3.8) is 0 Å². The molecule has 4 rings (SSSR count). The third kappa shape index (κ3) is 5.86. The van der Waals surface area contributed by atoms with Gasteiger partial charge in [0.2, 0.25) is 5.88 Å². The van der Waals surface area contributed by atoms with E-state index in [1.165, 1.54) is 13.2 Å². The Morgan fingerprint density at radius 1 is 1.03 bits per heavy atom. The topological polar surface area (TPSA) is 128 Å². The molecule has 1 fully saturated rings. The fourth-order valence-corrected chi connectivity index (χ4v) is 3.56. The second-order valence-electron chi connectivity index (χ2n) is 7.74. The number of ether oxygens (including phenoxy) is 2. The first-order valence-corrected chi connectivity index (χ1v) is 10.6. The van der Waals surface area contributed by atoms with Crippen LogP contribution in [-0.2, 0) is 9.53 Å². The highest BCUT2D eigenvalue weighted by molar-refractivity contribution is 6.00. The quantitative estimate of drug-likeness (QED) is 0.472. The van der Waals surface area contributed by atoms with Gasteiger partial charge in [0.1, 0.15) is 6.10 Å². The number of carbonyl (C=O) groups excluding carboxylic acids is 2. The molecule has 2 heterocycles. The van der Waals surface area contributed by atoms with Crippen LogP contribution in [-0.4, -0.2) is 40.3 Å². The van der Waals surface area contributed by atoms with Crippen molar-refractivity contribution in [3.05, 3.63) is 53.8 Å². The van der Waals surface area contributed by atoms with Gasteiger partial charge in [-0.3, -0.25) is 9.59 Å². The molecule has 1 aliphatic rings. The lowest BCUT2D eigenvalue weighted by Gasteiger charge is -2.27. The molecule has 1 saturated carbocycles. The zero-order valence-electron chi connectivity index (χ0n) is 18.4. The number of hydrogen-bond acceptors (Lipinski definition) is 9. The normalized spacial score (nSPS) is 17.5. The Hall–Kier alpha value is -4.16. The Morgan fingerprint density at radius 3 is 2.49 bits per heavy atom. The number of nitrogens with zero attached hydrogens (tertiary/aromatic N) is 3. The molecule has 2 N–H and O–H groups in total. The molecule has 0 spiro atoms. The molecule has 3 aromatic rings. The van der Waals surface area contributed by atoms with Crippen LogP contribution in [0.2, 0.25) is 0 Å². The van der Waals surface area contributed by atoms with Crippen LogP contribution in [0.3, 0.4) is 0 Å². The maximum absolute atomic E-state index is 14.5. The molecule has 0 radical (unpaired) electrons. The molecule has 35 heavy (non-hydrogen) atoms. The molecule has 0 aliphatic heterocycles. The van der Waals surface area contributed by atoms with Gasteiger partial charge in [0.05, 0.1) is 24.9 Å². The molecule has 0 unspecified atom stereocenters. The van der Waals surface area contributed by atoms with E-state index in [1.807, 2.05) is 0 Å². The number of halogens is 3. The number of methoxy groups -OCH3 is 1. The minimum absolute atomic E-state index is 0.0397. The van der Waals surface area contributed by atoms with Crippen molar-refractivity contribution < 1.29 is 36.7 Å². The maximum Gasteiger partial charge on any atom is 0.320 e. The van der Waals surface area contributed by atoms with Crippen LogP contribution in [0, 0.1) is 23.4 Å². The fraction of sp³-hybridized carbons (Fsp3) is 0.318. The first-order valence-electron chi connectivity index (χ1n) is 10.6. The monoisotopic (exact) mass is 491 g/mol. The van der Waals surface area contributed by atoms with Gasteiger partial charge in [-0.2, -0.15) is 0 Å². The summed E-state index contributed by atoms with van der Waals surface area (Å²) in [6, 6.07) is 3.78. The summed E-state index contributed by atoms with van der Waals surface area (Å²) in [4.78, 5) is 28.0. The first-order chi connectivity index (χ1) is 16.8. The lowest BCUT2D eigenvalue weighted by molar-refractivity contribution is -0.147. The van der Waals surface area contributed by atoms with E-state index < -0.39 is 29.2 Å². The molecule has 1 aromatic carbocycles. The number of esters is 1. The first kappa shape index (κ1) is 24.0. The summed E-state index contributed by atoms with van der Waals surface area (Å²) in [5.74, 6) is -4.70. The average molecular weight is 491 g/mol. The molecular weight excluding hydrogens is 471 g/mol. The highest BCUT2D eigenvalue weighted by atomic mass is 19.2. The van der Waals surface area contributed by atoms with E-state index >= 15 is 0 Å². The van der Waals surface area contributed by atoms with Crippen molar-refractivity contribution in [1.29, 1.82) is 0 Å². The number of hydrogen-bond donors (Lipinski definition) is 2. The summed E-state index contributed by atoms with van der Waals surface area (Å²) in [7, 11) is 1.35. The largest absolute Gasteiger partial charge is 0.474 e. The highest BCUT2D eigenvalue weighted by Crippen LogP contribution is 2.29. The lowest BCUT2D eigenvalue weighted by atomic mass is 9.87. The van der Waals surface area contributed by atoms with Crippen LogP contribution in [0.4, 0.5) is 30.6 Å². The van der Waals surface area contributed by atoms with E-state index in [-0.39, 0.29) is 41.3 Å². The van der Waals surface area contributed by atoms with Gasteiger partial charge in [-0.25, -0.2) is 18.2 Å². The van der Waals surface area contributed by atoms with Crippen LogP contribution in [0.1, 0.15) is 36.4 Å². The zero-order chi connectivity index (χ0) is 24.9. The van der Waals surface area contributed by atoms with E-state index in [0.29, 0.717) is 25.7 Å². The smallest absolute Gasteiger partial charge is 0.320 e. The second-order valence-corrected chi connectivity index (χ2v) is 7.74. The Morgan fingerprint density at radius 2 is 1.80 bits per heavy atom. The number of anilines is 3. The van der Waals surface area contributed by atoms with Gasteiger partial charge in [0.15, 0.2) is 17.5 Å². The molecule has 2 aromatic heterocycles. The van der Waals surface area contributed by atoms with Crippen LogP contribution < -0.4 is 15.4 Å². The number of aromatic nitrogens is 3. The van der Waals surface area contributed by atoms with E-state index in [2.05, 4.69) is 25.8 Å². The van der Waals surface area contributed by atoms with Crippen molar-refractivity contribution >= 4 is 29.3 Å². The molecule has 1 amide bonds. The molecule has 13 heteroatoms. The second kappa shape index (κ2) is 10.4. The Bertz CT molecular complexity index is 1230. The molecular formula is C22H20F3N5O5. The standard InChI is InChI=1S/C22H20F3N5O5/c1-33-21(32)11-2-5-13(6-3-11)34-18-9-16(25)17(10-26-18)28-19(31)20-29-30-22(35-20)27-12-4-7-14(23)15(24)8-12/h4,7-11,13H,2-3,5-6H2,1H3,(H,27,30)(H,28,31). The predicted octanol–water partition coefficient (Wildman–Crippen LogP) is 3.99. The van der Waals surface area contributed by atoms with Crippen molar-refractivity contribution in [2.75, 3.05) is 17.7 Å². The van der Waals surface area contributed by atoms with Gasteiger partial charge in [0.25, 0.3) is 0 Å². The van der Waals surface area contributed by atoms with Gasteiger partial charge in [-0.15, -0.1) is 5.10 Å². The molecule has 0 saturated heterocycles. The van der Waals surface area contributed by atoms with Gasteiger partial charge in [-0.05, 0) is 37.8 Å². The van der Waals surface area contributed by atoms with Crippen LogP contribution in [0.15, 0.2) is 34.9 Å². The number of rotatable bonds is 7. The fourth-order valence-electron chi connectivity index (χ4n) is 3.56. The molecule has 10 nitrogen and oxygen atoms in total. The van der Waals surface area contributed by atoms with E-state index in [1.54, 1.807) is 0 Å². The van der Waals surface area contributed by atoms with Gasteiger partial charge in [0, 0.05) is 17.8 Å². The predicted molar refractivity (Wildman–Crippen MR) is 114 cm³/mol. The SMILES string of the molecule is COC(=O)C1CCC(Oc2cc(F)c(NC(=O)c3nnc(Nc4ccc(F)c(F)c4)o3)cn2)CC1. The molecule has 0 bridgehead atoms. The molecule has 0 atom stereocenters. The Balaban J connectivity index is 1.33.